The Balaban J connectivity index is 1.30. The third-order valence-electron chi connectivity index (χ3n) is 9.12. The van der Waals surface area contributed by atoms with Crippen molar-refractivity contribution in [1.29, 1.82) is 0 Å². The summed E-state index contributed by atoms with van der Waals surface area (Å²) in [5.74, 6) is -1.29. The van der Waals surface area contributed by atoms with Crippen LogP contribution in [0, 0.1) is 5.92 Å². The van der Waals surface area contributed by atoms with Gasteiger partial charge in [-0.2, -0.15) is 9.97 Å². The molecule has 1 aromatic carbocycles. The number of halogens is 3. The minimum atomic E-state index is -2.78. The van der Waals surface area contributed by atoms with Crippen LogP contribution in [0.2, 0.25) is 0 Å². The molecule has 5 heterocycles. The van der Waals surface area contributed by atoms with Crippen LogP contribution in [-0.2, 0) is 18.3 Å². The first-order valence-corrected chi connectivity index (χ1v) is 16.1. The zero-order valence-corrected chi connectivity index (χ0v) is 26.0. The Morgan fingerprint density at radius 2 is 1.79 bits per heavy atom. The molecule has 224 valence electrons. The molecule has 1 saturated carbocycles. The maximum absolute atomic E-state index is 14.4. The van der Waals surface area contributed by atoms with Crippen molar-refractivity contribution >= 4 is 50.6 Å². The molecule has 0 spiro atoms. The van der Waals surface area contributed by atoms with E-state index in [1.807, 2.05) is 42.8 Å². The number of anilines is 1. The lowest BCUT2D eigenvalue weighted by Crippen LogP contribution is -2.44. The fourth-order valence-electron chi connectivity index (χ4n) is 6.32. The molecule has 0 radical (unpaired) electrons. The SMILES string of the molecule is Cn1c(CN2CCC(C(C)(O)CI)CC2)nc2c(N3CCOCC3)nc(-n3c(C4CC4(F)F)nc4ccccc43)nc21. The lowest BCUT2D eigenvalue weighted by Gasteiger charge is -2.38. The molecule has 10 nitrogen and oxygen atoms in total. The average Bonchev–Trinajstić information content (AvgIpc) is 3.31. The zero-order valence-electron chi connectivity index (χ0n) is 23.8. The standard InChI is InChI=1S/C29H35F2IN8O2/c1-28(41,17-32)18-7-9-38(10-8-18)16-22-34-23-25(37(22)2)35-27(36-26(23)39-11-13-42-14-12-39)40-21-6-4-3-5-20(21)33-24(40)19-15-29(19,30)31/h3-6,18-19,41H,7-17H2,1-2H3. The number of ether oxygens (including phenoxy) is 1. The number of piperidine rings is 1. The number of aromatic nitrogens is 6. The van der Waals surface area contributed by atoms with Crippen molar-refractivity contribution in [3.8, 4) is 5.95 Å². The van der Waals surface area contributed by atoms with Gasteiger partial charge in [0.15, 0.2) is 17.0 Å². The van der Waals surface area contributed by atoms with E-state index in [-0.39, 0.29) is 12.3 Å². The van der Waals surface area contributed by atoms with E-state index in [9.17, 15) is 13.9 Å². The first-order valence-electron chi connectivity index (χ1n) is 14.6. The summed E-state index contributed by atoms with van der Waals surface area (Å²) in [7, 11) is 1.96. The number of hydrogen-bond donors (Lipinski definition) is 1. The summed E-state index contributed by atoms with van der Waals surface area (Å²) in [6, 6.07) is 7.45. The molecule has 4 aromatic rings. The largest absolute Gasteiger partial charge is 0.389 e. The number of aryl methyl sites for hydroxylation is 1. The lowest BCUT2D eigenvalue weighted by atomic mass is 9.83. The Morgan fingerprint density at radius 1 is 1.07 bits per heavy atom. The topological polar surface area (TPSA) is 97.4 Å². The fraction of sp³-hybridized carbons (Fsp3) is 0.586. The number of benzene rings is 1. The summed E-state index contributed by atoms with van der Waals surface area (Å²) >= 11 is 2.27. The summed E-state index contributed by atoms with van der Waals surface area (Å²) in [4.78, 5) is 24.2. The monoisotopic (exact) mass is 692 g/mol. The van der Waals surface area contributed by atoms with Crippen LogP contribution in [0.5, 0.6) is 0 Å². The molecular weight excluding hydrogens is 657 g/mol. The Bertz CT molecular complexity index is 1620. The van der Waals surface area contributed by atoms with Crippen molar-refractivity contribution in [3.63, 3.8) is 0 Å². The van der Waals surface area contributed by atoms with Gasteiger partial charge >= 0.3 is 0 Å². The number of alkyl halides is 3. The number of aliphatic hydroxyl groups is 1. The number of nitrogens with zero attached hydrogens (tertiary/aromatic N) is 8. The van der Waals surface area contributed by atoms with E-state index in [1.54, 1.807) is 4.57 Å². The second-order valence-corrected chi connectivity index (χ2v) is 12.8. The number of likely N-dealkylation sites (tertiary alicyclic amines) is 1. The molecular formula is C29H35F2IN8O2. The van der Waals surface area contributed by atoms with Crippen molar-refractivity contribution in [2.24, 2.45) is 13.0 Å². The summed E-state index contributed by atoms with van der Waals surface area (Å²) in [5, 5.41) is 10.8. The molecule has 0 bridgehead atoms. The summed E-state index contributed by atoms with van der Waals surface area (Å²) in [6.45, 7) is 6.81. The third-order valence-corrected chi connectivity index (χ3v) is 10.7. The Kier molecular flexibility index (Phi) is 7.14. The fourth-order valence-corrected chi connectivity index (χ4v) is 6.94. The van der Waals surface area contributed by atoms with Crippen LogP contribution < -0.4 is 4.90 Å². The number of rotatable bonds is 7. The van der Waals surface area contributed by atoms with Crippen molar-refractivity contribution in [1.82, 2.24) is 34.0 Å². The van der Waals surface area contributed by atoms with Crippen LogP contribution in [0.4, 0.5) is 14.6 Å². The van der Waals surface area contributed by atoms with Crippen molar-refractivity contribution < 1.29 is 18.6 Å². The van der Waals surface area contributed by atoms with Gasteiger partial charge in [-0.15, -0.1) is 0 Å². The van der Waals surface area contributed by atoms with Gasteiger partial charge in [0.25, 0.3) is 5.92 Å². The molecule has 3 aliphatic rings. The normalized spacial score (nSPS) is 23.1. The lowest BCUT2D eigenvalue weighted by molar-refractivity contribution is -0.00769. The van der Waals surface area contributed by atoms with E-state index in [4.69, 9.17) is 19.7 Å². The maximum Gasteiger partial charge on any atom is 0.259 e. The van der Waals surface area contributed by atoms with Crippen molar-refractivity contribution in [2.45, 2.75) is 50.2 Å². The second kappa shape index (κ2) is 10.6. The quantitative estimate of drug-likeness (QED) is 0.229. The van der Waals surface area contributed by atoms with Gasteiger partial charge in [0.2, 0.25) is 5.95 Å². The Hall–Kier alpha value is -2.49. The van der Waals surface area contributed by atoms with E-state index in [0.29, 0.717) is 72.6 Å². The van der Waals surface area contributed by atoms with E-state index in [0.717, 1.165) is 36.2 Å². The molecule has 1 aliphatic carbocycles. The van der Waals surface area contributed by atoms with Crippen molar-refractivity contribution in [3.05, 3.63) is 35.9 Å². The Labute approximate surface area is 256 Å². The number of fused-ring (bicyclic) bond motifs is 2. The van der Waals surface area contributed by atoms with E-state index < -0.39 is 17.4 Å². The van der Waals surface area contributed by atoms with E-state index in [2.05, 4.69) is 37.4 Å². The summed E-state index contributed by atoms with van der Waals surface area (Å²) in [5.41, 5.74) is 2.05. The molecule has 1 N–H and O–H groups in total. The summed E-state index contributed by atoms with van der Waals surface area (Å²) < 4.78 is 38.8. The van der Waals surface area contributed by atoms with Crippen LogP contribution in [0.25, 0.3) is 28.1 Å². The van der Waals surface area contributed by atoms with Crippen LogP contribution in [0.3, 0.4) is 0 Å². The predicted octanol–water partition coefficient (Wildman–Crippen LogP) is 4.06. The molecule has 0 amide bonds. The third kappa shape index (κ3) is 4.95. The molecule has 2 atom stereocenters. The predicted molar refractivity (Wildman–Crippen MR) is 164 cm³/mol. The maximum atomic E-state index is 14.4. The van der Waals surface area contributed by atoms with Gasteiger partial charge in [-0.3, -0.25) is 9.47 Å². The Morgan fingerprint density at radius 3 is 2.48 bits per heavy atom. The highest BCUT2D eigenvalue weighted by molar-refractivity contribution is 14.1. The van der Waals surface area contributed by atoms with Gasteiger partial charge in [0.05, 0.1) is 42.3 Å². The van der Waals surface area contributed by atoms with Gasteiger partial charge in [-0.25, -0.2) is 18.7 Å². The molecule has 2 unspecified atom stereocenters. The highest BCUT2D eigenvalue weighted by Gasteiger charge is 2.60. The average molecular weight is 693 g/mol. The van der Waals surface area contributed by atoms with E-state index in [1.165, 1.54) is 0 Å². The van der Waals surface area contributed by atoms with Gasteiger partial charge < -0.3 is 19.3 Å². The second-order valence-electron chi connectivity index (χ2n) is 12.1. The minimum absolute atomic E-state index is 0.227. The van der Waals surface area contributed by atoms with Crippen LogP contribution in [0.15, 0.2) is 24.3 Å². The van der Waals surface area contributed by atoms with Gasteiger partial charge in [-0.05, 0) is 50.9 Å². The van der Waals surface area contributed by atoms with Gasteiger partial charge in [0, 0.05) is 31.0 Å². The smallest absolute Gasteiger partial charge is 0.259 e. The molecule has 13 heteroatoms. The zero-order chi connectivity index (χ0) is 29.2. The van der Waals surface area contributed by atoms with E-state index >= 15 is 0 Å². The summed E-state index contributed by atoms with van der Waals surface area (Å²) in [6.07, 6.45) is 1.64. The molecule has 42 heavy (non-hydrogen) atoms. The highest BCUT2D eigenvalue weighted by atomic mass is 127. The minimum Gasteiger partial charge on any atom is -0.389 e. The van der Waals surface area contributed by atoms with Gasteiger partial charge in [-0.1, -0.05) is 34.7 Å². The molecule has 2 aliphatic heterocycles. The molecule has 3 aromatic heterocycles. The highest BCUT2D eigenvalue weighted by Crippen LogP contribution is 2.56. The van der Waals surface area contributed by atoms with Crippen LogP contribution >= 0.6 is 22.6 Å². The van der Waals surface area contributed by atoms with Gasteiger partial charge in [0.1, 0.15) is 11.6 Å². The number of morpholine rings is 1. The number of hydrogen-bond acceptors (Lipinski definition) is 8. The van der Waals surface area contributed by atoms with Crippen molar-refractivity contribution in [2.75, 3.05) is 48.7 Å². The number of para-hydroxylation sites is 2. The number of imidazole rings is 2. The molecule has 2 saturated heterocycles. The van der Waals surface area contributed by atoms with Crippen LogP contribution in [0.1, 0.15) is 43.8 Å². The first kappa shape index (κ1) is 28.3. The molecule has 3 fully saturated rings. The van der Waals surface area contributed by atoms with Crippen LogP contribution in [-0.4, -0.2) is 94.4 Å². The molecule has 7 rings (SSSR count). The first-order chi connectivity index (χ1) is 20.2.